The van der Waals surface area contributed by atoms with Crippen LogP contribution in [-0.4, -0.2) is 15.6 Å². The zero-order valence-corrected chi connectivity index (χ0v) is 9.20. The maximum Gasteiger partial charge on any atom is 0.0797 e. The molecule has 0 spiro atoms. The van der Waals surface area contributed by atoms with E-state index in [2.05, 4.69) is 31.1 Å². The Morgan fingerprint density at radius 1 is 1.43 bits per heavy atom. The second kappa shape index (κ2) is 3.96. The summed E-state index contributed by atoms with van der Waals surface area (Å²) in [5.41, 5.74) is 1.77. The third-order valence-electron chi connectivity index (χ3n) is 1.81. The summed E-state index contributed by atoms with van der Waals surface area (Å²) in [6.45, 7) is 7.99. The molecule has 0 fully saturated rings. The van der Waals surface area contributed by atoms with Crippen molar-refractivity contribution in [3.05, 3.63) is 24.0 Å². The van der Waals surface area contributed by atoms with Gasteiger partial charge in [0.15, 0.2) is 0 Å². The van der Waals surface area contributed by atoms with Crippen LogP contribution in [0, 0.1) is 0 Å². The molecule has 78 valence electrons. The monoisotopic (exact) mass is 194 g/mol. The SMILES string of the molecule is CC(O)c1cnccc1NC(C)(C)C. The van der Waals surface area contributed by atoms with E-state index in [4.69, 9.17) is 0 Å². The van der Waals surface area contributed by atoms with Crippen molar-refractivity contribution in [1.29, 1.82) is 0 Å². The first kappa shape index (κ1) is 11.0. The Hall–Kier alpha value is -1.09. The molecule has 0 aromatic carbocycles. The quantitative estimate of drug-likeness (QED) is 0.759. The average Bonchev–Trinajstić information content (AvgIpc) is 2.01. The van der Waals surface area contributed by atoms with Gasteiger partial charge in [0.05, 0.1) is 6.10 Å². The third-order valence-corrected chi connectivity index (χ3v) is 1.81. The highest BCUT2D eigenvalue weighted by molar-refractivity contribution is 5.51. The maximum absolute atomic E-state index is 9.52. The van der Waals surface area contributed by atoms with Gasteiger partial charge in [-0.15, -0.1) is 0 Å². The summed E-state index contributed by atoms with van der Waals surface area (Å²) >= 11 is 0. The normalized spacial score (nSPS) is 13.8. The Balaban J connectivity index is 2.96. The number of nitrogens with one attached hydrogen (secondary N) is 1. The van der Waals surface area contributed by atoms with Crippen molar-refractivity contribution in [2.75, 3.05) is 5.32 Å². The van der Waals surface area contributed by atoms with E-state index in [1.807, 2.05) is 6.07 Å². The molecular weight excluding hydrogens is 176 g/mol. The number of aliphatic hydroxyl groups is 1. The Morgan fingerprint density at radius 2 is 2.07 bits per heavy atom. The third kappa shape index (κ3) is 3.00. The minimum absolute atomic E-state index is 0.00894. The zero-order valence-electron chi connectivity index (χ0n) is 9.20. The van der Waals surface area contributed by atoms with Crippen LogP contribution in [-0.2, 0) is 0 Å². The van der Waals surface area contributed by atoms with Crippen LogP contribution < -0.4 is 5.32 Å². The molecule has 0 saturated heterocycles. The molecular formula is C11H18N2O. The molecule has 3 nitrogen and oxygen atoms in total. The second-order valence-electron chi connectivity index (χ2n) is 4.51. The van der Waals surface area contributed by atoms with Gasteiger partial charge in [-0.3, -0.25) is 4.98 Å². The fraction of sp³-hybridized carbons (Fsp3) is 0.545. The van der Waals surface area contributed by atoms with E-state index in [0.29, 0.717) is 0 Å². The number of hydrogen-bond acceptors (Lipinski definition) is 3. The Labute approximate surface area is 85.2 Å². The van der Waals surface area contributed by atoms with Gasteiger partial charge in [0.1, 0.15) is 0 Å². The lowest BCUT2D eigenvalue weighted by Crippen LogP contribution is -2.27. The van der Waals surface area contributed by atoms with E-state index in [-0.39, 0.29) is 5.54 Å². The number of aliphatic hydroxyl groups excluding tert-OH is 1. The van der Waals surface area contributed by atoms with Gasteiger partial charge in [-0.05, 0) is 33.8 Å². The first-order valence-corrected chi connectivity index (χ1v) is 4.80. The smallest absolute Gasteiger partial charge is 0.0797 e. The lowest BCUT2D eigenvalue weighted by molar-refractivity contribution is 0.199. The van der Waals surface area contributed by atoms with Gasteiger partial charge >= 0.3 is 0 Å². The summed E-state index contributed by atoms with van der Waals surface area (Å²) in [6, 6.07) is 1.88. The molecule has 1 aromatic heterocycles. The molecule has 1 unspecified atom stereocenters. The summed E-state index contributed by atoms with van der Waals surface area (Å²) in [7, 11) is 0. The summed E-state index contributed by atoms with van der Waals surface area (Å²) < 4.78 is 0. The van der Waals surface area contributed by atoms with Gasteiger partial charge in [0.25, 0.3) is 0 Å². The minimum atomic E-state index is -0.492. The van der Waals surface area contributed by atoms with Crippen molar-refractivity contribution in [1.82, 2.24) is 4.98 Å². The number of rotatable bonds is 2. The number of aromatic nitrogens is 1. The van der Waals surface area contributed by atoms with E-state index in [9.17, 15) is 5.11 Å². The Morgan fingerprint density at radius 3 is 2.57 bits per heavy atom. The van der Waals surface area contributed by atoms with E-state index in [1.54, 1.807) is 19.3 Å². The molecule has 1 aromatic rings. The van der Waals surface area contributed by atoms with Crippen LogP contribution in [0.5, 0.6) is 0 Å². The van der Waals surface area contributed by atoms with Crippen LogP contribution in [0.25, 0.3) is 0 Å². The van der Waals surface area contributed by atoms with Crippen LogP contribution in [0.4, 0.5) is 5.69 Å². The van der Waals surface area contributed by atoms with Crippen molar-refractivity contribution in [3.8, 4) is 0 Å². The first-order valence-electron chi connectivity index (χ1n) is 4.80. The maximum atomic E-state index is 9.52. The molecule has 0 aliphatic rings. The number of pyridine rings is 1. The molecule has 0 aliphatic carbocycles. The topological polar surface area (TPSA) is 45.2 Å². The Kier molecular flexibility index (Phi) is 3.11. The molecule has 1 rings (SSSR count). The molecule has 1 heterocycles. The average molecular weight is 194 g/mol. The standard InChI is InChI=1S/C11H18N2O/c1-8(14)9-7-12-6-5-10(9)13-11(2,3)4/h5-8,14H,1-4H3,(H,12,13). The molecule has 0 radical (unpaired) electrons. The molecule has 3 heteroatoms. The summed E-state index contributed by atoms with van der Waals surface area (Å²) in [5.74, 6) is 0. The highest BCUT2D eigenvalue weighted by Crippen LogP contribution is 2.23. The zero-order chi connectivity index (χ0) is 10.8. The highest BCUT2D eigenvalue weighted by Gasteiger charge is 2.13. The van der Waals surface area contributed by atoms with E-state index < -0.39 is 6.10 Å². The van der Waals surface area contributed by atoms with E-state index >= 15 is 0 Å². The molecule has 14 heavy (non-hydrogen) atoms. The van der Waals surface area contributed by atoms with Crippen LogP contribution in [0.15, 0.2) is 18.5 Å². The molecule has 1 atom stereocenters. The summed E-state index contributed by atoms with van der Waals surface area (Å²) in [6.07, 6.45) is 2.92. The van der Waals surface area contributed by atoms with Gasteiger partial charge in [-0.1, -0.05) is 0 Å². The lowest BCUT2D eigenvalue weighted by atomic mass is 10.1. The second-order valence-corrected chi connectivity index (χ2v) is 4.51. The number of hydrogen-bond donors (Lipinski definition) is 2. The molecule has 0 aliphatic heterocycles. The van der Waals surface area contributed by atoms with E-state index in [0.717, 1.165) is 11.3 Å². The largest absolute Gasteiger partial charge is 0.389 e. The van der Waals surface area contributed by atoms with Crippen molar-refractivity contribution in [2.24, 2.45) is 0 Å². The molecule has 0 saturated carbocycles. The van der Waals surface area contributed by atoms with Crippen molar-refractivity contribution in [3.63, 3.8) is 0 Å². The lowest BCUT2D eigenvalue weighted by Gasteiger charge is -2.24. The van der Waals surface area contributed by atoms with E-state index in [1.165, 1.54) is 0 Å². The fourth-order valence-electron chi connectivity index (χ4n) is 1.26. The van der Waals surface area contributed by atoms with Gasteiger partial charge < -0.3 is 10.4 Å². The van der Waals surface area contributed by atoms with Crippen molar-refractivity contribution >= 4 is 5.69 Å². The fourth-order valence-corrected chi connectivity index (χ4v) is 1.26. The molecule has 2 N–H and O–H groups in total. The van der Waals surface area contributed by atoms with Crippen molar-refractivity contribution in [2.45, 2.75) is 39.3 Å². The molecule has 0 amide bonds. The predicted octanol–water partition coefficient (Wildman–Crippen LogP) is 2.35. The number of anilines is 1. The predicted molar refractivity (Wildman–Crippen MR) is 58.2 cm³/mol. The minimum Gasteiger partial charge on any atom is -0.389 e. The Bertz CT molecular complexity index is 302. The van der Waals surface area contributed by atoms with Crippen LogP contribution >= 0.6 is 0 Å². The first-order chi connectivity index (χ1) is 6.40. The summed E-state index contributed by atoms with van der Waals surface area (Å²) in [4.78, 5) is 4.00. The van der Waals surface area contributed by atoms with Gasteiger partial charge in [0, 0.05) is 29.2 Å². The van der Waals surface area contributed by atoms with Crippen LogP contribution in [0.2, 0.25) is 0 Å². The van der Waals surface area contributed by atoms with Crippen molar-refractivity contribution < 1.29 is 5.11 Å². The number of nitrogens with zero attached hydrogens (tertiary/aromatic N) is 1. The van der Waals surface area contributed by atoms with Crippen LogP contribution in [0.1, 0.15) is 39.4 Å². The highest BCUT2D eigenvalue weighted by atomic mass is 16.3. The van der Waals surface area contributed by atoms with Crippen LogP contribution in [0.3, 0.4) is 0 Å². The summed E-state index contributed by atoms with van der Waals surface area (Å²) in [5, 5.41) is 12.9. The molecule has 0 bridgehead atoms. The van der Waals surface area contributed by atoms with Gasteiger partial charge in [-0.25, -0.2) is 0 Å². The van der Waals surface area contributed by atoms with Gasteiger partial charge in [0.2, 0.25) is 0 Å². The van der Waals surface area contributed by atoms with Gasteiger partial charge in [-0.2, -0.15) is 0 Å².